The Morgan fingerprint density at radius 2 is 1.86 bits per heavy atom. The number of nitrogens with one attached hydrogen (secondary N) is 2. The summed E-state index contributed by atoms with van der Waals surface area (Å²) >= 11 is 1.43. The van der Waals surface area contributed by atoms with Crippen molar-refractivity contribution in [2.24, 2.45) is 5.92 Å². The van der Waals surface area contributed by atoms with Gasteiger partial charge in [-0.25, -0.2) is 0 Å². The number of benzene rings is 2. The number of carbonyl (C=O) groups excluding carboxylic acids is 2. The number of likely N-dealkylation sites (tertiary alicyclic amines) is 1. The fourth-order valence-corrected chi connectivity index (χ4v) is 5.64. The van der Waals surface area contributed by atoms with Crippen molar-refractivity contribution in [3.05, 3.63) is 71.1 Å². The standard InChI is InChI=1S/C28H35N3O3S/c1-19(2)15-23(30-28(34)26-16-21-11-6-7-13-25(21)35-26)27(33)29-22-12-8-14-31(18-24(22)32)17-20-9-4-3-5-10-20/h3-7,9-11,13,16,19,22-24,32H,8,12,14-15,17-18H2,1-2H3,(H,29,33)(H,30,34)/t22?,23-,24?/m0/s1. The van der Waals surface area contributed by atoms with Crippen molar-refractivity contribution < 1.29 is 14.7 Å². The van der Waals surface area contributed by atoms with E-state index in [2.05, 4.69) is 27.7 Å². The Hall–Kier alpha value is -2.74. The summed E-state index contributed by atoms with van der Waals surface area (Å²) in [6.45, 7) is 6.22. The van der Waals surface area contributed by atoms with Crippen LogP contribution in [0.3, 0.4) is 0 Å². The van der Waals surface area contributed by atoms with Gasteiger partial charge in [-0.05, 0) is 54.8 Å². The third-order valence-electron chi connectivity index (χ3n) is 6.45. The summed E-state index contributed by atoms with van der Waals surface area (Å²) in [5.41, 5.74) is 1.21. The summed E-state index contributed by atoms with van der Waals surface area (Å²) in [5.74, 6) is -0.231. The van der Waals surface area contributed by atoms with E-state index in [-0.39, 0.29) is 23.8 Å². The lowest BCUT2D eigenvalue weighted by atomic mass is 10.0. The molecule has 1 aliphatic heterocycles. The lowest BCUT2D eigenvalue weighted by molar-refractivity contribution is -0.125. The number of fused-ring (bicyclic) bond motifs is 1. The average Bonchev–Trinajstić information content (AvgIpc) is 3.20. The molecule has 1 aliphatic rings. The van der Waals surface area contributed by atoms with Crippen molar-refractivity contribution >= 4 is 33.2 Å². The number of hydrogen-bond donors (Lipinski definition) is 3. The van der Waals surface area contributed by atoms with E-state index in [1.807, 2.05) is 62.4 Å². The normalized spacial score (nSPS) is 19.9. The molecule has 35 heavy (non-hydrogen) atoms. The van der Waals surface area contributed by atoms with Crippen molar-refractivity contribution in [3.63, 3.8) is 0 Å². The van der Waals surface area contributed by atoms with Crippen molar-refractivity contribution in [3.8, 4) is 0 Å². The number of hydrogen-bond acceptors (Lipinski definition) is 5. The third-order valence-corrected chi connectivity index (χ3v) is 7.57. The molecule has 7 heteroatoms. The predicted molar refractivity (Wildman–Crippen MR) is 141 cm³/mol. The van der Waals surface area contributed by atoms with Crippen LogP contribution in [0.2, 0.25) is 0 Å². The first-order valence-electron chi connectivity index (χ1n) is 12.4. The van der Waals surface area contributed by atoms with E-state index in [0.717, 1.165) is 29.6 Å². The van der Waals surface area contributed by atoms with E-state index in [9.17, 15) is 14.7 Å². The maximum Gasteiger partial charge on any atom is 0.262 e. The smallest absolute Gasteiger partial charge is 0.262 e. The Kier molecular flexibility index (Phi) is 8.55. The predicted octanol–water partition coefficient (Wildman–Crippen LogP) is 4.19. The Bertz CT molecular complexity index is 1100. The third kappa shape index (κ3) is 6.90. The highest BCUT2D eigenvalue weighted by Crippen LogP contribution is 2.25. The first-order valence-corrected chi connectivity index (χ1v) is 13.2. The van der Waals surface area contributed by atoms with Gasteiger partial charge in [0.15, 0.2) is 0 Å². The average molecular weight is 494 g/mol. The number of amides is 2. The molecule has 0 aliphatic carbocycles. The second kappa shape index (κ2) is 11.8. The van der Waals surface area contributed by atoms with E-state index in [1.165, 1.54) is 16.9 Å². The minimum atomic E-state index is -0.664. The second-order valence-corrected chi connectivity index (χ2v) is 10.9. The molecule has 2 heterocycles. The van der Waals surface area contributed by atoms with E-state index < -0.39 is 12.1 Å². The van der Waals surface area contributed by atoms with Gasteiger partial charge in [0.1, 0.15) is 6.04 Å². The van der Waals surface area contributed by atoms with E-state index >= 15 is 0 Å². The van der Waals surface area contributed by atoms with Crippen LogP contribution >= 0.6 is 11.3 Å². The van der Waals surface area contributed by atoms with Crippen LogP contribution in [0.25, 0.3) is 10.1 Å². The van der Waals surface area contributed by atoms with Gasteiger partial charge in [0.05, 0.1) is 17.0 Å². The molecule has 0 radical (unpaired) electrons. The van der Waals surface area contributed by atoms with Crippen molar-refractivity contribution in [2.45, 2.75) is 57.8 Å². The molecule has 0 bridgehead atoms. The summed E-state index contributed by atoms with van der Waals surface area (Å²) < 4.78 is 1.05. The number of aliphatic hydroxyl groups is 1. The minimum absolute atomic E-state index is 0.228. The van der Waals surface area contributed by atoms with E-state index in [1.54, 1.807) is 0 Å². The molecule has 0 spiro atoms. The highest BCUT2D eigenvalue weighted by atomic mass is 32.1. The largest absolute Gasteiger partial charge is 0.390 e. The summed E-state index contributed by atoms with van der Waals surface area (Å²) in [6, 6.07) is 19.0. The molecule has 1 aromatic heterocycles. The zero-order valence-corrected chi connectivity index (χ0v) is 21.3. The Labute approximate surface area is 211 Å². The van der Waals surface area contributed by atoms with Crippen LogP contribution < -0.4 is 10.6 Å². The van der Waals surface area contributed by atoms with Crippen LogP contribution in [0.5, 0.6) is 0 Å². The second-order valence-electron chi connectivity index (χ2n) is 9.85. The molecule has 6 nitrogen and oxygen atoms in total. The fraction of sp³-hybridized carbons (Fsp3) is 0.429. The van der Waals surface area contributed by atoms with Crippen molar-refractivity contribution in [1.29, 1.82) is 0 Å². The topological polar surface area (TPSA) is 81.7 Å². The molecular weight excluding hydrogens is 458 g/mol. The van der Waals surface area contributed by atoms with Gasteiger partial charge in [0, 0.05) is 17.8 Å². The molecule has 0 saturated carbocycles. The number of thiophene rings is 1. The molecule has 3 N–H and O–H groups in total. The van der Waals surface area contributed by atoms with Gasteiger partial charge in [-0.15, -0.1) is 11.3 Å². The molecule has 2 amide bonds. The van der Waals surface area contributed by atoms with Gasteiger partial charge in [-0.3, -0.25) is 14.5 Å². The van der Waals surface area contributed by atoms with Crippen LogP contribution in [0.15, 0.2) is 60.7 Å². The maximum atomic E-state index is 13.3. The Balaban J connectivity index is 1.38. The van der Waals surface area contributed by atoms with Gasteiger partial charge in [-0.1, -0.05) is 62.4 Å². The molecule has 1 fully saturated rings. The zero-order chi connectivity index (χ0) is 24.8. The summed E-state index contributed by atoms with van der Waals surface area (Å²) in [6.07, 6.45) is 1.46. The highest BCUT2D eigenvalue weighted by Gasteiger charge is 2.30. The number of β-amino-alcohol motifs (C(OH)–C–C–N with tert-alkyl or cyclic N) is 1. The van der Waals surface area contributed by atoms with Gasteiger partial charge >= 0.3 is 0 Å². The maximum absolute atomic E-state index is 13.3. The lowest BCUT2D eigenvalue weighted by Crippen LogP contribution is -2.53. The summed E-state index contributed by atoms with van der Waals surface area (Å²) in [4.78, 5) is 29.1. The molecule has 1 saturated heterocycles. The molecule has 3 aromatic rings. The first-order chi connectivity index (χ1) is 16.9. The number of nitrogens with zero attached hydrogens (tertiary/aromatic N) is 1. The number of aliphatic hydroxyl groups excluding tert-OH is 1. The monoisotopic (exact) mass is 493 g/mol. The summed E-state index contributed by atoms with van der Waals surface area (Å²) in [7, 11) is 0. The van der Waals surface area contributed by atoms with Crippen LogP contribution in [0.1, 0.15) is 48.3 Å². The quantitative estimate of drug-likeness (QED) is 0.440. The number of rotatable bonds is 8. The first kappa shape index (κ1) is 25.4. The Morgan fingerprint density at radius 3 is 2.60 bits per heavy atom. The van der Waals surface area contributed by atoms with Gasteiger partial charge in [0.2, 0.25) is 5.91 Å². The van der Waals surface area contributed by atoms with Crippen LogP contribution in [-0.2, 0) is 11.3 Å². The van der Waals surface area contributed by atoms with Crippen LogP contribution in [-0.4, -0.2) is 53.1 Å². The number of carbonyl (C=O) groups is 2. The lowest BCUT2D eigenvalue weighted by Gasteiger charge is -2.27. The van der Waals surface area contributed by atoms with Crippen molar-refractivity contribution in [2.75, 3.05) is 13.1 Å². The zero-order valence-electron chi connectivity index (χ0n) is 20.4. The SMILES string of the molecule is CC(C)C[C@H](NC(=O)c1cc2ccccc2s1)C(=O)NC1CCCN(Cc2ccccc2)CC1O. The Morgan fingerprint density at radius 1 is 1.11 bits per heavy atom. The fourth-order valence-electron chi connectivity index (χ4n) is 4.67. The molecule has 4 rings (SSSR count). The van der Waals surface area contributed by atoms with Gasteiger partial charge in [-0.2, -0.15) is 0 Å². The van der Waals surface area contributed by atoms with Crippen molar-refractivity contribution in [1.82, 2.24) is 15.5 Å². The molecule has 2 aromatic carbocycles. The molecule has 3 atom stereocenters. The summed E-state index contributed by atoms with van der Waals surface area (Å²) in [5, 5.41) is 17.9. The van der Waals surface area contributed by atoms with Crippen LogP contribution in [0, 0.1) is 5.92 Å². The molecule has 186 valence electrons. The van der Waals surface area contributed by atoms with Gasteiger partial charge < -0.3 is 15.7 Å². The minimum Gasteiger partial charge on any atom is -0.390 e. The van der Waals surface area contributed by atoms with Gasteiger partial charge in [0.25, 0.3) is 5.91 Å². The highest BCUT2D eigenvalue weighted by molar-refractivity contribution is 7.20. The van der Waals surface area contributed by atoms with E-state index in [4.69, 9.17) is 0 Å². The van der Waals surface area contributed by atoms with E-state index in [0.29, 0.717) is 24.3 Å². The molecule has 2 unspecified atom stereocenters. The van der Waals surface area contributed by atoms with Crippen LogP contribution in [0.4, 0.5) is 0 Å². The molecular formula is C28H35N3O3S.